The molecule has 1 amide bonds. The van der Waals surface area contributed by atoms with Gasteiger partial charge >= 0.3 is 0 Å². The van der Waals surface area contributed by atoms with Gasteiger partial charge in [-0.1, -0.05) is 0 Å². The second-order valence-corrected chi connectivity index (χ2v) is 8.07. The Morgan fingerprint density at radius 2 is 2.18 bits per heavy atom. The molecular weight excluding hydrogens is 304 g/mol. The molecule has 0 spiro atoms. The summed E-state index contributed by atoms with van der Waals surface area (Å²) in [6, 6.07) is 0. The van der Waals surface area contributed by atoms with Gasteiger partial charge in [-0.2, -0.15) is 0 Å². The van der Waals surface area contributed by atoms with Crippen molar-refractivity contribution in [1.29, 1.82) is 0 Å². The van der Waals surface area contributed by atoms with E-state index in [-0.39, 0.29) is 12.5 Å². The number of nitrogens with zero attached hydrogens (tertiary/aromatic N) is 3. The number of carbonyl (C=O) groups excluding carboxylic acids is 1. The minimum absolute atomic E-state index is 0.172. The first-order chi connectivity index (χ1) is 10.4. The van der Waals surface area contributed by atoms with E-state index < -0.39 is 10.0 Å². The summed E-state index contributed by atoms with van der Waals surface area (Å²) >= 11 is 0. The van der Waals surface area contributed by atoms with E-state index in [0.29, 0.717) is 24.6 Å². The predicted octanol–water partition coefficient (Wildman–Crippen LogP) is 0.465. The number of fused-ring (bicyclic) bond motifs is 1. The lowest BCUT2D eigenvalue weighted by Gasteiger charge is -2.20. The van der Waals surface area contributed by atoms with Crippen LogP contribution < -0.4 is 4.72 Å². The smallest absolute Gasteiger partial charge is 0.223 e. The van der Waals surface area contributed by atoms with Crippen molar-refractivity contribution in [2.75, 3.05) is 12.8 Å². The van der Waals surface area contributed by atoms with Gasteiger partial charge in [0.1, 0.15) is 0 Å². The SMILES string of the molecule is CS(=O)(=O)NCc1ncn2c1CN(C(=O)CC1CC1)CCC2. The standard InChI is InChI=1S/C14H22N4O3S/c1-22(20,21)16-8-12-13-9-17(14(19)7-11-3-4-11)5-2-6-18(13)10-15-12/h10-11,16H,2-9H2,1H3. The number of sulfonamides is 1. The van der Waals surface area contributed by atoms with Crippen LogP contribution in [-0.2, 0) is 34.5 Å². The minimum atomic E-state index is -3.25. The Bertz CT molecular complexity index is 664. The lowest BCUT2D eigenvalue weighted by molar-refractivity contribution is -0.132. The number of hydrogen-bond donors (Lipinski definition) is 1. The maximum absolute atomic E-state index is 12.3. The summed E-state index contributed by atoms with van der Waals surface area (Å²) in [7, 11) is -3.25. The molecule has 0 unspecified atom stereocenters. The highest BCUT2D eigenvalue weighted by atomic mass is 32.2. The fourth-order valence-electron chi connectivity index (χ4n) is 2.77. The Balaban J connectivity index is 1.72. The predicted molar refractivity (Wildman–Crippen MR) is 81.3 cm³/mol. The number of carbonyl (C=O) groups is 1. The molecule has 0 atom stereocenters. The summed E-state index contributed by atoms with van der Waals surface area (Å²) in [5.74, 6) is 0.784. The number of rotatable bonds is 5. The lowest BCUT2D eigenvalue weighted by atomic mass is 10.2. The van der Waals surface area contributed by atoms with Crippen LogP contribution in [0.1, 0.15) is 37.1 Å². The van der Waals surface area contributed by atoms with Gasteiger partial charge in [0.05, 0.1) is 37.1 Å². The van der Waals surface area contributed by atoms with E-state index in [4.69, 9.17) is 0 Å². The molecule has 1 saturated carbocycles. The molecule has 2 aliphatic rings. The molecule has 7 nitrogen and oxygen atoms in total. The first-order valence-corrected chi connectivity index (χ1v) is 9.57. The quantitative estimate of drug-likeness (QED) is 0.852. The first-order valence-electron chi connectivity index (χ1n) is 7.67. The fourth-order valence-corrected chi connectivity index (χ4v) is 3.17. The van der Waals surface area contributed by atoms with Crippen LogP contribution in [0.5, 0.6) is 0 Å². The highest BCUT2D eigenvalue weighted by Gasteiger charge is 2.28. The molecule has 3 rings (SSSR count). The van der Waals surface area contributed by atoms with Crippen LogP contribution >= 0.6 is 0 Å². The van der Waals surface area contributed by atoms with Crippen molar-refractivity contribution in [1.82, 2.24) is 19.2 Å². The highest BCUT2D eigenvalue weighted by molar-refractivity contribution is 7.88. The second-order valence-electron chi connectivity index (χ2n) is 6.24. The summed E-state index contributed by atoms with van der Waals surface area (Å²) in [5, 5.41) is 0. The van der Waals surface area contributed by atoms with Gasteiger partial charge in [0.2, 0.25) is 15.9 Å². The molecule has 1 aromatic rings. The van der Waals surface area contributed by atoms with E-state index in [9.17, 15) is 13.2 Å². The van der Waals surface area contributed by atoms with Crippen molar-refractivity contribution in [3.8, 4) is 0 Å². The average molecular weight is 326 g/mol. The van der Waals surface area contributed by atoms with Gasteiger partial charge in [-0.15, -0.1) is 0 Å². The maximum Gasteiger partial charge on any atom is 0.223 e. The molecule has 1 aliphatic carbocycles. The molecule has 1 aromatic heterocycles. The van der Waals surface area contributed by atoms with E-state index in [2.05, 4.69) is 9.71 Å². The summed E-state index contributed by atoms with van der Waals surface area (Å²) < 4.78 is 27.0. The van der Waals surface area contributed by atoms with Gasteiger partial charge < -0.3 is 9.47 Å². The van der Waals surface area contributed by atoms with Gasteiger partial charge in [-0.05, 0) is 25.2 Å². The van der Waals surface area contributed by atoms with Crippen molar-refractivity contribution in [2.45, 2.75) is 45.3 Å². The molecule has 0 bridgehead atoms. The summed E-state index contributed by atoms with van der Waals surface area (Å²) in [4.78, 5) is 18.5. The molecule has 0 aromatic carbocycles. The molecule has 0 saturated heterocycles. The van der Waals surface area contributed by atoms with Crippen molar-refractivity contribution in [3.05, 3.63) is 17.7 Å². The van der Waals surface area contributed by atoms with E-state index in [0.717, 1.165) is 31.5 Å². The third-order valence-corrected chi connectivity index (χ3v) is 4.88. The molecular formula is C14H22N4O3S. The lowest BCUT2D eigenvalue weighted by Crippen LogP contribution is -2.31. The van der Waals surface area contributed by atoms with Crippen LogP contribution in [0.25, 0.3) is 0 Å². The summed E-state index contributed by atoms with van der Waals surface area (Å²) in [6.07, 6.45) is 6.75. The number of aromatic nitrogens is 2. The van der Waals surface area contributed by atoms with Crippen molar-refractivity contribution in [3.63, 3.8) is 0 Å². The molecule has 2 heterocycles. The number of nitrogens with one attached hydrogen (secondary N) is 1. The van der Waals surface area contributed by atoms with Gasteiger partial charge in [-0.3, -0.25) is 4.79 Å². The monoisotopic (exact) mass is 326 g/mol. The van der Waals surface area contributed by atoms with Crippen LogP contribution in [0, 0.1) is 5.92 Å². The first kappa shape index (κ1) is 15.5. The zero-order valence-corrected chi connectivity index (χ0v) is 13.6. The zero-order chi connectivity index (χ0) is 15.7. The Labute approximate surface area is 130 Å². The average Bonchev–Trinajstić information content (AvgIpc) is 3.20. The third kappa shape index (κ3) is 3.86. The minimum Gasteiger partial charge on any atom is -0.337 e. The maximum atomic E-state index is 12.3. The fraction of sp³-hybridized carbons (Fsp3) is 0.714. The van der Waals surface area contributed by atoms with E-state index in [1.165, 1.54) is 12.8 Å². The number of hydrogen-bond acceptors (Lipinski definition) is 4. The zero-order valence-electron chi connectivity index (χ0n) is 12.8. The number of aryl methyl sites for hydroxylation is 1. The van der Waals surface area contributed by atoms with Gasteiger partial charge in [0, 0.05) is 19.5 Å². The van der Waals surface area contributed by atoms with E-state index in [1.807, 2.05) is 9.47 Å². The van der Waals surface area contributed by atoms with Crippen LogP contribution in [0.4, 0.5) is 0 Å². The molecule has 1 aliphatic heterocycles. The van der Waals surface area contributed by atoms with Gasteiger partial charge in [0.15, 0.2) is 0 Å². The van der Waals surface area contributed by atoms with Gasteiger partial charge in [0.25, 0.3) is 0 Å². The highest BCUT2D eigenvalue weighted by Crippen LogP contribution is 2.33. The molecule has 1 N–H and O–H groups in total. The Hall–Kier alpha value is -1.41. The number of imidazole rings is 1. The topological polar surface area (TPSA) is 84.3 Å². The Morgan fingerprint density at radius 3 is 2.86 bits per heavy atom. The summed E-state index contributed by atoms with van der Waals surface area (Å²) in [6.45, 7) is 2.26. The summed E-state index contributed by atoms with van der Waals surface area (Å²) in [5.41, 5.74) is 1.65. The molecule has 22 heavy (non-hydrogen) atoms. The van der Waals surface area contributed by atoms with Crippen LogP contribution in [0.3, 0.4) is 0 Å². The largest absolute Gasteiger partial charge is 0.337 e. The second kappa shape index (κ2) is 6.00. The van der Waals surface area contributed by atoms with E-state index in [1.54, 1.807) is 6.33 Å². The van der Waals surface area contributed by atoms with Crippen molar-refractivity contribution < 1.29 is 13.2 Å². The van der Waals surface area contributed by atoms with E-state index >= 15 is 0 Å². The van der Waals surface area contributed by atoms with Crippen LogP contribution in [0.2, 0.25) is 0 Å². The van der Waals surface area contributed by atoms with Crippen LogP contribution in [0.15, 0.2) is 6.33 Å². The Morgan fingerprint density at radius 1 is 1.41 bits per heavy atom. The normalized spacial score (nSPS) is 18.9. The molecule has 8 heteroatoms. The molecule has 1 fully saturated rings. The van der Waals surface area contributed by atoms with Crippen molar-refractivity contribution in [2.24, 2.45) is 5.92 Å². The Kier molecular flexibility index (Phi) is 4.22. The number of amides is 1. The molecule has 122 valence electrons. The van der Waals surface area contributed by atoms with Crippen LogP contribution in [-0.4, -0.2) is 41.6 Å². The van der Waals surface area contributed by atoms with Gasteiger partial charge in [-0.25, -0.2) is 18.1 Å². The third-order valence-electron chi connectivity index (χ3n) is 4.22. The molecule has 0 radical (unpaired) electrons. The van der Waals surface area contributed by atoms with Crippen molar-refractivity contribution >= 4 is 15.9 Å².